The van der Waals surface area contributed by atoms with Crippen molar-refractivity contribution in [2.24, 2.45) is 17.8 Å². The molecule has 2 aliphatic rings. The molecule has 0 aromatic heterocycles. The van der Waals surface area contributed by atoms with Crippen molar-refractivity contribution in [3.05, 3.63) is 35.4 Å². The van der Waals surface area contributed by atoms with Gasteiger partial charge in [0, 0.05) is 12.0 Å². The van der Waals surface area contributed by atoms with Crippen molar-refractivity contribution in [3.8, 4) is 0 Å². The molecule has 2 aliphatic carbocycles. The molecule has 24 heavy (non-hydrogen) atoms. The van der Waals surface area contributed by atoms with Crippen molar-refractivity contribution in [2.45, 2.75) is 58.3 Å². The highest BCUT2D eigenvalue weighted by atomic mass is 16.2. The first-order valence-electron chi connectivity index (χ1n) is 9.02. The van der Waals surface area contributed by atoms with Gasteiger partial charge >= 0.3 is 0 Å². The van der Waals surface area contributed by atoms with Gasteiger partial charge in [-0.1, -0.05) is 39.3 Å². The van der Waals surface area contributed by atoms with Crippen molar-refractivity contribution in [1.82, 2.24) is 10.9 Å². The molecule has 3 rings (SSSR count). The van der Waals surface area contributed by atoms with E-state index < -0.39 is 0 Å². The summed E-state index contributed by atoms with van der Waals surface area (Å²) in [5.74, 6) is 1.72. The largest absolute Gasteiger partial charge is 0.273 e. The van der Waals surface area contributed by atoms with Crippen molar-refractivity contribution in [1.29, 1.82) is 0 Å². The average molecular weight is 328 g/mol. The van der Waals surface area contributed by atoms with Crippen LogP contribution in [0.2, 0.25) is 0 Å². The second-order valence-corrected chi connectivity index (χ2v) is 8.47. The summed E-state index contributed by atoms with van der Waals surface area (Å²) in [6.45, 7) is 6.41. The zero-order valence-electron chi connectivity index (χ0n) is 14.9. The van der Waals surface area contributed by atoms with Crippen LogP contribution >= 0.6 is 0 Å². The molecule has 0 spiro atoms. The van der Waals surface area contributed by atoms with Crippen LogP contribution in [0.1, 0.15) is 68.8 Å². The van der Waals surface area contributed by atoms with Crippen LogP contribution in [0.4, 0.5) is 0 Å². The topological polar surface area (TPSA) is 58.2 Å². The maximum absolute atomic E-state index is 12.1. The van der Waals surface area contributed by atoms with E-state index in [1.165, 1.54) is 31.2 Å². The molecule has 0 unspecified atom stereocenters. The lowest BCUT2D eigenvalue weighted by Crippen LogP contribution is -2.42. The number of rotatable bonds is 3. The van der Waals surface area contributed by atoms with E-state index in [0.29, 0.717) is 17.9 Å². The summed E-state index contributed by atoms with van der Waals surface area (Å²) in [6.07, 6.45) is 5.62. The van der Waals surface area contributed by atoms with E-state index in [-0.39, 0.29) is 17.2 Å². The molecule has 2 N–H and O–H groups in total. The third kappa shape index (κ3) is 3.80. The molecular formula is C20H28N2O2. The fourth-order valence-corrected chi connectivity index (χ4v) is 4.24. The first-order chi connectivity index (χ1) is 11.3. The Hall–Kier alpha value is -1.84. The quantitative estimate of drug-likeness (QED) is 0.833. The first kappa shape index (κ1) is 17.0. The van der Waals surface area contributed by atoms with Gasteiger partial charge in [0.05, 0.1) is 0 Å². The number of amides is 2. The second kappa shape index (κ2) is 6.58. The van der Waals surface area contributed by atoms with Crippen molar-refractivity contribution >= 4 is 11.8 Å². The molecule has 0 saturated heterocycles. The number of fused-ring (bicyclic) bond motifs is 2. The highest BCUT2D eigenvalue weighted by molar-refractivity contribution is 5.95. The maximum atomic E-state index is 12.1. The Bertz CT molecular complexity index is 616. The van der Waals surface area contributed by atoms with Gasteiger partial charge in [0.2, 0.25) is 5.91 Å². The van der Waals surface area contributed by atoms with Crippen LogP contribution in [0.25, 0.3) is 0 Å². The number of carbonyl (C=O) groups excluding carboxylic acids is 2. The molecular weight excluding hydrogens is 300 g/mol. The SMILES string of the molecule is CC(C)(C)c1ccc(C(=O)NNC(=O)C[C@@H]2C[C@H]3CC[C@H]2C3)cc1. The Morgan fingerprint density at radius 2 is 1.75 bits per heavy atom. The minimum Gasteiger partial charge on any atom is -0.273 e. The summed E-state index contributed by atoms with van der Waals surface area (Å²) in [4.78, 5) is 24.2. The number of hydrogen-bond donors (Lipinski definition) is 2. The van der Waals surface area contributed by atoms with Gasteiger partial charge in [0.15, 0.2) is 0 Å². The van der Waals surface area contributed by atoms with Gasteiger partial charge in [-0.25, -0.2) is 0 Å². The fourth-order valence-electron chi connectivity index (χ4n) is 4.24. The predicted molar refractivity (Wildman–Crippen MR) is 94.3 cm³/mol. The second-order valence-electron chi connectivity index (χ2n) is 8.47. The molecule has 4 heteroatoms. The van der Waals surface area contributed by atoms with Crippen LogP contribution < -0.4 is 10.9 Å². The molecule has 2 bridgehead atoms. The Kier molecular flexibility index (Phi) is 4.66. The van der Waals surface area contributed by atoms with Gasteiger partial charge in [0.25, 0.3) is 5.91 Å². The smallest absolute Gasteiger partial charge is 0.269 e. The highest BCUT2D eigenvalue weighted by Crippen LogP contribution is 2.49. The molecule has 2 saturated carbocycles. The number of nitrogens with one attached hydrogen (secondary N) is 2. The molecule has 3 atom stereocenters. The molecule has 4 nitrogen and oxygen atoms in total. The lowest BCUT2D eigenvalue weighted by atomic mass is 9.86. The summed E-state index contributed by atoms with van der Waals surface area (Å²) in [5.41, 5.74) is 6.91. The molecule has 0 aliphatic heterocycles. The first-order valence-corrected chi connectivity index (χ1v) is 9.02. The molecule has 2 amide bonds. The molecule has 0 heterocycles. The van der Waals surface area contributed by atoms with Crippen LogP contribution in [-0.2, 0) is 10.2 Å². The molecule has 130 valence electrons. The van der Waals surface area contributed by atoms with Gasteiger partial charge in [-0.05, 0) is 60.1 Å². The van der Waals surface area contributed by atoms with Crippen LogP contribution in [0.5, 0.6) is 0 Å². The Balaban J connectivity index is 1.47. The van der Waals surface area contributed by atoms with Crippen LogP contribution in [0.15, 0.2) is 24.3 Å². The van der Waals surface area contributed by atoms with Gasteiger partial charge < -0.3 is 0 Å². The minimum absolute atomic E-state index is 0.0594. The zero-order valence-corrected chi connectivity index (χ0v) is 14.9. The Morgan fingerprint density at radius 1 is 1.04 bits per heavy atom. The van der Waals surface area contributed by atoms with Crippen LogP contribution in [-0.4, -0.2) is 11.8 Å². The van der Waals surface area contributed by atoms with Gasteiger partial charge in [-0.2, -0.15) is 0 Å². The minimum atomic E-state index is -0.267. The average Bonchev–Trinajstić information content (AvgIpc) is 3.14. The highest BCUT2D eigenvalue weighted by Gasteiger charge is 2.40. The zero-order chi connectivity index (χ0) is 17.3. The lowest BCUT2D eigenvalue weighted by Gasteiger charge is -2.21. The molecule has 0 radical (unpaired) electrons. The van der Waals surface area contributed by atoms with Crippen molar-refractivity contribution < 1.29 is 9.59 Å². The van der Waals surface area contributed by atoms with E-state index in [2.05, 4.69) is 31.6 Å². The normalized spacial score (nSPS) is 25.5. The number of benzene rings is 1. The van der Waals surface area contributed by atoms with E-state index in [9.17, 15) is 9.59 Å². The van der Waals surface area contributed by atoms with Crippen molar-refractivity contribution in [3.63, 3.8) is 0 Å². The number of hydrogen-bond acceptors (Lipinski definition) is 2. The van der Waals surface area contributed by atoms with E-state index >= 15 is 0 Å². The molecule has 2 fully saturated rings. The predicted octanol–water partition coefficient (Wildman–Crippen LogP) is 3.57. The van der Waals surface area contributed by atoms with Crippen LogP contribution in [0.3, 0.4) is 0 Å². The summed E-state index contributed by atoms with van der Waals surface area (Å²) in [6, 6.07) is 7.54. The van der Waals surface area contributed by atoms with Gasteiger partial charge in [-0.3, -0.25) is 20.4 Å². The van der Waals surface area contributed by atoms with Crippen LogP contribution in [0, 0.1) is 17.8 Å². The summed E-state index contributed by atoms with van der Waals surface area (Å²) >= 11 is 0. The lowest BCUT2D eigenvalue weighted by molar-refractivity contribution is -0.123. The van der Waals surface area contributed by atoms with E-state index in [1.54, 1.807) is 12.1 Å². The van der Waals surface area contributed by atoms with E-state index in [4.69, 9.17) is 0 Å². The summed E-state index contributed by atoms with van der Waals surface area (Å²) in [7, 11) is 0. The number of carbonyl (C=O) groups is 2. The number of hydrazine groups is 1. The summed E-state index contributed by atoms with van der Waals surface area (Å²) in [5, 5.41) is 0. The maximum Gasteiger partial charge on any atom is 0.269 e. The third-order valence-electron chi connectivity index (χ3n) is 5.66. The monoisotopic (exact) mass is 328 g/mol. The van der Waals surface area contributed by atoms with Crippen molar-refractivity contribution in [2.75, 3.05) is 0 Å². The summed E-state index contributed by atoms with van der Waals surface area (Å²) < 4.78 is 0. The third-order valence-corrected chi connectivity index (χ3v) is 5.66. The van der Waals surface area contributed by atoms with E-state index in [1.807, 2.05) is 12.1 Å². The van der Waals surface area contributed by atoms with Gasteiger partial charge in [-0.15, -0.1) is 0 Å². The van der Waals surface area contributed by atoms with Gasteiger partial charge in [0.1, 0.15) is 0 Å². The Labute approximate surface area is 144 Å². The van der Waals surface area contributed by atoms with E-state index in [0.717, 1.165) is 11.8 Å². The Morgan fingerprint density at radius 3 is 2.29 bits per heavy atom. The standard InChI is InChI=1S/C20H28N2O2/c1-20(2,3)17-8-6-14(7-9-17)19(24)22-21-18(23)12-16-11-13-4-5-15(16)10-13/h6-9,13,15-16H,4-5,10-12H2,1-3H3,(H,21,23)(H,22,24)/t13-,15-,16-/m0/s1. The molecule has 1 aromatic rings. The fraction of sp³-hybridized carbons (Fsp3) is 0.600. The molecule has 1 aromatic carbocycles.